The Morgan fingerprint density at radius 2 is 0.938 bits per heavy atom. The highest BCUT2D eigenvalue weighted by Crippen LogP contribution is 2.32. The van der Waals surface area contributed by atoms with Crippen LogP contribution < -0.4 is 0 Å². The van der Waals surface area contributed by atoms with Gasteiger partial charge in [0.1, 0.15) is 22.9 Å². The molecule has 0 saturated carbocycles. The highest BCUT2D eigenvalue weighted by Gasteiger charge is 2.16. The molecule has 0 radical (unpaired) electrons. The van der Waals surface area contributed by atoms with Crippen molar-refractivity contribution in [2.24, 2.45) is 0 Å². The summed E-state index contributed by atoms with van der Waals surface area (Å²) in [5.74, 6) is -0.707. The zero-order chi connectivity index (χ0) is 21.4. The van der Waals surface area contributed by atoms with Crippen molar-refractivity contribution in [3.63, 3.8) is 0 Å². The van der Waals surface area contributed by atoms with Gasteiger partial charge in [-0.1, -0.05) is 24.3 Å². The van der Waals surface area contributed by atoms with Crippen LogP contribution in [0.5, 0.6) is 0 Å². The molecule has 152 valence electrons. The number of hydrogen-bond donors (Lipinski definition) is 0. The second-order valence-electron chi connectivity index (χ2n) is 7.84. The summed E-state index contributed by atoms with van der Waals surface area (Å²) in [5, 5.41) is 1.28. The van der Waals surface area contributed by atoms with E-state index in [4.69, 9.17) is 9.97 Å². The maximum absolute atomic E-state index is 14.5. The van der Waals surface area contributed by atoms with Crippen LogP contribution in [-0.2, 0) is 0 Å². The molecule has 0 atom stereocenters. The van der Waals surface area contributed by atoms with Crippen LogP contribution in [0.25, 0.3) is 55.2 Å². The van der Waals surface area contributed by atoms with Crippen LogP contribution in [0.1, 0.15) is 0 Å². The molecule has 3 aromatic heterocycles. The first-order valence-electron chi connectivity index (χ1n) is 10.2. The van der Waals surface area contributed by atoms with Gasteiger partial charge in [0, 0.05) is 10.8 Å². The predicted molar refractivity (Wildman–Crippen MR) is 123 cm³/mol. The van der Waals surface area contributed by atoms with Gasteiger partial charge in [0.2, 0.25) is 0 Å². The minimum absolute atomic E-state index is 0.353. The molecule has 0 aliphatic heterocycles. The van der Waals surface area contributed by atoms with Crippen LogP contribution in [0, 0.1) is 11.6 Å². The topological polar surface area (TPSA) is 34.6 Å². The second-order valence-corrected chi connectivity index (χ2v) is 7.84. The van der Waals surface area contributed by atoms with E-state index in [0.717, 1.165) is 33.1 Å². The van der Waals surface area contributed by atoms with Crippen molar-refractivity contribution in [1.82, 2.24) is 18.8 Å². The summed E-state index contributed by atoms with van der Waals surface area (Å²) in [6.45, 7) is 0. The molecule has 0 bridgehead atoms. The molecule has 4 nitrogen and oxygen atoms in total. The van der Waals surface area contributed by atoms with Crippen LogP contribution in [0.3, 0.4) is 0 Å². The number of halogens is 2. The van der Waals surface area contributed by atoms with E-state index in [1.807, 2.05) is 57.3 Å². The van der Waals surface area contributed by atoms with E-state index in [2.05, 4.69) is 0 Å². The van der Waals surface area contributed by atoms with Gasteiger partial charge in [0.15, 0.2) is 0 Å². The summed E-state index contributed by atoms with van der Waals surface area (Å²) < 4.78 is 33.0. The van der Waals surface area contributed by atoms with Crippen molar-refractivity contribution in [3.05, 3.63) is 96.6 Å². The zero-order valence-electron chi connectivity index (χ0n) is 16.6. The quantitative estimate of drug-likeness (QED) is 0.283. The first-order chi connectivity index (χ1) is 15.7. The molecule has 32 heavy (non-hydrogen) atoms. The summed E-state index contributed by atoms with van der Waals surface area (Å²) >= 11 is 0. The first kappa shape index (κ1) is 17.4. The van der Waals surface area contributed by atoms with Crippen molar-refractivity contribution in [1.29, 1.82) is 0 Å². The predicted octanol–water partition coefficient (Wildman–Crippen LogP) is 6.44. The summed E-state index contributed by atoms with van der Waals surface area (Å²) in [5.41, 5.74) is 5.93. The lowest BCUT2D eigenvalue weighted by molar-refractivity contribution is 0.629. The van der Waals surface area contributed by atoms with E-state index in [9.17, 15) is 8.78 Å². The van der Waals surface area contributed by atoms with Crippen LogP contribution in [0.4, 0.5) is 8.78 Å². The molecule has 0 saturated heterocycles. The highest BCUT2D eigenvalue weighted by atomic mass is 19.1. The lowest BCUT2D eigenvalue weighted by atomic mass is 10.2. The number of imidazole rings is 2. The third-order valence-corrected chi connectivity index (χ3v) is 6.00. The lowest BCUT2D eigenvalue weighted by Gasteiger charge is -2.08. The first-order valence-corrected chi connectivity index (χ1v) is 10.2. The maximum Gasteiger partial charge on any atom is 0.147 e. The highest BCUT2D eigenvalue weighted by molar-refractivity contribution is 6.06. The Labute approximate surface area is 179 Å². The van der Waals surface area contributed by atoms with Gasteiger partial charge in [-0.25, -0.2) is 18.7 Å². The number of benzene rings is 4. The van der Waals surface area contributed by atoms with Crippen LogP contribution in [-0.4, -0.2) is 18.8 Å². The average molecular weight is 420 g/mol. The van der Waals surface area contributed by atoms with E-state index in [1.165, 1.54) is 24.3 Å². The molecule has 0 unspecified atom stereocenters. The summed E-state index contributed by atoms with van der Waals surface area (Å²) in [6.07, 6.45) is 0. The average Bonchev–Trinajstić information content (AvgIpc) is 3.37. The maximum atomic E-state index is 14.5. The summed E-state index contributed by atoms with van der Waals surface area (Å²) in [4.78, 5) is 9.73. The fraction of sp³-hybridized carbons (Fsp3) is 0. The number of aromatic nitrogens is 4. The molecule has 4 aromatic carbocycles. The van der Waals surface area contributed by atoms with Gasteiger partial charge in [0.05, 0.1) is 33.1 Å². The number of hydrogen-bond acceptors (Lipinski definition) is 2. The minimum Gasteiger partial charge on any atom is -0.292 e. The zero-order valence-corrected chi connectivity index (χ0v) is 16.6. The van der Waals surface area contributed by atoms with Crippen LogP contribution in [0.15, 0.2) is 84.9 Å². The number of rotatable bonds is 0. The normalized spacial score (nSPS) is 12.1. The van der Waals surface area contributed by atoms with Gasteiger partial charge in [-0.15, -0.1) is 0 Å². The Balaban J connectivity index is 1.97. The molecular formula is C26H14F2N4. The molecule has 0 aliphatic carbocycles. The molecule has 6 heteroatoms. The van der Waals surface area contributed by atoms with Gasteiger partial charge in [-0.05, 0) is 60.7 Å². The van der Waals surface area contributed by atoms with E-state index < -0.39 is 0 Å². The Morgan fingerprint density at radius 3 is 1.41 bits per heavy atom. The van der Waals surface area contributed by atoms with Crippen molar-refractivity contribution in [2.75, 3.05) is 0 Å². The fourth-order valence-electron chi connectivity index (χ4n) is 4.67. The smallest absolute Gasteiger partial charge is 0.147 e. The van der Waals surface area contributed by atoms with Gasteiger partial charge in [-0.3, -0.25) is 8.80 Å². The van der Waals surface area contributed by atoms with Crippen molar-refractivity contribution >= 4 is 55.2 Å². The van der Waals surface area contributed by atoms with Crippen LogP contribution >= 0.6 is 0 Å². The summed E-state index contributed by atoms with van der Waals surface area (Å²) in [6, 6.07) is 24.8. The SMILES string of the molecule is Fc1ccc2c(c1)c1nc3ccccc3n1c1ccc(F)cc1c1nc3ccccc3n21. The monoisotopic (exact) mass is 420 g/mol. The molecule has 0 aliphatic rings. The number of nitrogens with zero attached hydrogens (tertiary/aromatic N) is 4. The number of fused-ring (bicyclic) bond motifs is 12. The molecule has 0 fully saturated rings. The molecule has 7 rings (SSSR count). The second kappa shape index (κ2) is 6.11. The molecule has 0 N–H and O–H groups in total. The molecule has 0 amide bonds. The van der Waals surface area contributed by atoms with Crippen molar-refractivity contribution in [3.8, 4) is 0 Å². The lowest BCUT2D eigenvalue weighted by Crippen LogP contribution is -1.95. The van der Waals surface area contributed by atoms with Crippen molar-refractivity contribution in [2.45, 2.75) is 0 Å². The van der Waals surface area contributed by atoms with Gasteiger partial charge < -0.3 is 0 Å². The minimum atomic E-state index is -0.353. The van der Waals surface area contributed by atoms with Crippen LogP contribution in [0.2, 0.25) is 0 Å². The Morgan fingerprint density at radius 1 is 0.500 bits per heavy atom. The van der Waals surface area contributed by atoms with E-state index >= 15 is 0 Å². The third kappa shape index (κ3) is 2.23. The van der Waals surface area contributed by atoms with Gasteiger partial charge >= 0.3 is 0 Å². The molecule has 3 heterocycles. The molecule has 7 aromatic rings. The third-order valence-electron chi connectivity index (χ3n) is 6.00. The summed E-state index contributed by atoms with van der Waals surface area (Å²) in [7, 11) is 0. The van der Waals surface area contributed by atoms with E-state index in [0.29, 0.717) is 22.1 Å². The fourth-order valence-corrected chi connectivity index (χ4v) is 4.67. The van der Waals surface area contributed by atoms with Gasteiger partial charge in [-0.2, -0.15) is 0 Å². The largest absolute Gasteiger partial charge is 0.292 e. The number of para-hydroxylation sites is 4. The van der Waals surface area contributed by atoms with Gasteiger partial charge in [0.25, 0.3) is 0 Å². The van der Waals surface area contributed by atoms with Crippen molar-refractivity contribution < 1.29 is 8.78 Å². The van der Waals surface area contributed by atoms with E-state index in [-0.39, 0.29) is 11.6 Å². The molecule has 0 spiro atoms. The standard InChI is InChI=1S/C26H14F2N4/c27-15-10-12-22-17(13-15)25-29-19-5-1-3-7-23(19)31(25)21-11-9-16(28)14-18(21)26-30-20-6-2-4-8-24(20)32(22)26/h1-14H. The Bertz CT molecular complexity index is 1770. The Hall–Kier alpha value is -4.32. The molecular weight excluding hydrogens is 406 g/mol. The Kier molecular flexibility index (Phi) is 3.31. The van der Waals surface area contributed by atoms with E-state index in [1.54, 1.807) is 12.1 Å².